The van der Waals surface area contributed by atoms with Gasteiger partial charge in [0.2, 0.25) is 0 Å². The van der Waals surface area contributed by atoms with Crippen LogP contribution in [0.1, 0.15) is 26.1 Å². The van der Waals surface area contributed by atoms with E-state index in [0.717, 1.165) is 18.8 Å². The fourth-order valence-electron chi connectivity index (χ4n) is 2.18. The van der Waals surface area contributed by atoms with Gasteiger partial charge in [0.1, 0.15) is 18.2 Å². The van der Waals surface area contributed by atoms with Crippen molar-refractivity contribution in [1.29, 1.82) is 0 Å². The highest BCUT2D eigenvalue weighted by molar-refractivity contribution is 5.47. The minimum absolute atomic E-state index is 0.319. The van der Waals surface area contributed by atoms with E-state index in [0.29, 0.717) is 37.3 Å². The molecule has 1 aromatic heterocycles. The minimum atomic E-state index is -0.319. The molecule has 106 valence electrons. The molecule has 3 N–H and O–H groups in total. The number of hydrogen-bond acceptors (Lipinski definition) is 6. The van der Waals surface area contributed by atoms with E-state index >= 15 is 0 Å². The summed E-state index contributed by atoms with van der Waals surface area (Å²) < 4.78 is 5.31. The first kappa shape index (κ1) is 14.0. The van der Waals surface area contributed by atoms with Crippen LogP contribution in [0.2, 0.25) is 0 Å². The van der Waals surface area contributed by atoms with Crippen molar-refractivity contribution in [2.75, 3.05) is 30.3 Å². The van der Waals surface area contributed by atoms with Gasteiger partial charge in [-0.15, -0.1) is 0 Å². The molecule has 1 aromatic rings. The summed E-state index contributed by atoms with van der Waals surface area (Å²) in [6.07, 6.45) is 0.631. The monoisotopic (exact) mass is 266 g/mol. The van der Waals surface area contributed by atoms with Crippen LogP contribution in [0.4, 0.5) is 11.6 Å². The topological polar surface area (TPSA) is 84.5 Å². The number of nitrogen functional groups attached to an aromatic ring is 1. The van der Waals surface area contributed by atoms with E-state index in [4.69, 9.17) is 10.5 Å². The van der Waals surface area contributed by atoms with Gasteiger partial charge in [-0.1, -0.05) is 6.92 Å². The number of β-amino-alcohol motifs (C(OH)–C–C–N with tert-alkyl or cyclic N) is 1. The first-order valence-corrected chi connectivity index (χ1v) is 6.74. The maximum atomic E-state index is 9.95. The van der Waals surface area contributed by atoms with Gasteiger partial charge in [0.15, 0.2) is 5.82 Å². The summed E-state index contributed by atoms with van der Waals surface area (Å²) in [7, 11) is 0. The summed E-state index contributed by atoms with van der Waals surface area (Å²) in [6, 6.07) is 1.75. The van der Waals surface area contributed by atoms with Crippen molar-refractivity contribution < 1.29 is 9.84 Å². The van der Waals surface area contributed by atoms with E-state index in [1.54, 1.807) is 6.07 Å². The molecule has 2 atom stereocenters. The van der Waals surface area contributed by atoms with Gasteiger partial charge in [0, 0.05) is 25.8 Å². The zero-order valence-electron chi connectivity index (χ0n) is 11.5. The van der Waals surface area contributed by atoms with Crippen LogP contribution in [0.15, 0.2) is 6.07 Å². The average Bonchev–Trinajstić information content (AvgIpc) is 2.39. The Balaban J connectivity index is 2.13. The molecule has 2 rings (SSSR count). The molecule has 6 nitrogen and oxygen atoms in total. The van der Waals surface area contributed by atoms with Crippen molar-refractivity contribution in [2.24, 2.45) is 5.92 Å². The molecular formula is C13H22N4O2. The molecule has 1 aliphatic rings. The fourth-order valence-corrected chi connectivity index (χ4v) is 2.18. The Labute approximate surface area is 113 Å². The predicted octanol–water partition coefficient (Wildman–Crippen LogP) is 0.802. The molecule has 0 saturated carbocycles. The Morgan fingerprint density at radius 3 is 3.00 bits per heavy atom. The summed E-state index contributed by atoms with van der Waals surface area (Å²) in [6.45, 7) is 6.44. The number of nitrogens with two attached hydrogens (primary N) is 1. The number of piperidine rings is 1. The predicted molar refractivity (Wildman–Crippen MR) is 73.8 cm³/mol. The summed E-state index contributed by atoms with van der Waals surface area (Å²) >= 11 is 0. The lowest BCUT2D eigenvalue weighted by atomic mass is 9.96. The van der Waals surface area contributed by atoms with Crippen LogP contribution in [0.5, 0.6) is 0 Å². The van der Waals surface area contributed by atoms with Crippen molar-refractivity contribution in [2.45, 2.75) is 33.0 Å². The van der Waals surface area contributed by atoms with Crippen LogP contribution >= 0.6 is 0 Å². The number of anilines is 2. The van der Waals surface area contributed by atoms with Crippen LogP contribution in [0, 0.1) is 5.92 Å². The summed E-state index contributed by atoms with van der Waals surface area (Å²) in [5, 5.41) is 9.95. The molecule has 0 aliphatic carbocycles. The second-order valence-electron chi connectivity index (χ2n) is 4.98. The number of aliphatic hydroxyl groups excluding tert-OH is 1. The van der Waals surface area contributed by atoms with Gasteiger partial charge in [-0.2, -0.15) is 0 Å². The van der Waals surface area contributed by atoms with Crippen LogP contribution in [-0.4, -0.2) is 40.9 Å². The SMILES string of the molecule is CCOCc1nc(N)cc(N2CCC(C)C(O)C2)n1. The average molecular weight is 266 g/mol. The third-order valence-corrected chi connectivity index (χ3v) is 3.46. The fraction of sp³-hybridized carbons (Fsp3) is 0.692. The Bertz CT molecular complexity index is 427. The van der Waals surface area contributed by atoms with Gasteiger partial charge in [0.25, 0.3) is 0 Å². The molecule has 0 radical (unpaired) electrons. The van der Waals surface area contributed by atoms with Crippen LogP contribution in [0.25, 0.3) is 0 Å². The molecule has 19 heavy (non-hydrogen) atoms. The van der Waals surface area contributed by atoms with Crippen molar-refractivity contribution in [3.8, 4) is 0 Å². The van der Waals surface area contributed by atoms with Gasteiger partial charge in [-0.25, -0.2) is 9.97 Å². The van der Waals surface area contributed by atoms with Crippen molar-refractivity contribution in [1.82, 2.24) is 9.97 Å². The van der Waals surface area contributed by atoms with E-state index in [-0.39, 0.29) is 6.10 Å². The number of rotatable bonds is 4. The minimum Gasteiger partial charge on any atom is -0.391 e. The van der Waals surface area contributed by atoms with E-state index < -0.39 is 0 Å². The number of nitrogens with zero attached hydrogens (tertiary/aromatic N) is 3. The molecule has 0 spiro atoms. The third-order valence-electron chi connectivity index (χ3n) is 3.46. The summed E-state index contributed by atoms with van der Waals surface area (Å²) in [5.41, 5.74) is 5.80. The van der Waals surface area contributed by atoms with E-state index in [1.165, 1.54) is 0 Å². The van der Waals surface area contributed by atoms with E-state index in [2.05, 4.69) is 21.8 Å². The normalized spacial score (nSPS) is 23.6. The molecule has 1 saturated heterocycles. The van der Waals surface area contributed by atoms with Crippen LogP contribution in [0.3, 0.4) is 0 Å². The van der Waals surface area contributed by atoms with Gasteiger partial charge >= 0.3 is 0 Å². The summed E-state index contributed by atoms with van der Waals surface area (Å²) in [4.78, 5) is 10.7. The number of aliphatic hydroxyl groups is 1. The highest BCUT2D eigenvalue weighted by Gasteiger charge is 2.25. The van der Waals surface area contributed by atoms with Gasteiger partial charge in [-0.05, 0) is 19.3 Å². The Kier molecular flexibility index (Phi) is 4.55. The third kappa shape index (κ3) is 3.54. The molecule has 0 bridgehead atoms. The van der Waals surface area contributed by atoms with Crippen LogP contribution in [-0.2, 0) is 11.3 Å². The smallest absolute Gasteiger partial charge is 0.158 e. The Morgan fingerprint density at radius 1 is 1.53 bits per heavy atom. The van der Waals surface area contributed by atoms with Crippen molar-refractivity contribution >= 4 is 11.6 Å². The quantitative estimate of drug-likeness (QED) is 0.838. The first-order chi connectivity index (χ1) is 9.10. The molecule has 6 heteroatoms. The van der Waals surface area contributed by atoms with Crippen molar-refractivity contribution in [3.05, 3.63) is 11.9 Å². The number of ether oxygens (including phenoxy) is 1. The molecule has 1 aliphatic heterocycles. The van der Waals surface area contributed by atoms with Gasteiger partial charge in [0.05, 0.1) is 6.10 Å². The largest absolute Gasteiger partial charge is 0.391 e. The highest BCUT2D eigenvalue weighted by Crippen LogP contribution is 2.23. The molecule has 2 heterocycles. The second-order valence-corrected chi connectivity index (χ2v) is 4.98. The molecule has 2 unspecified atom stereocenters. The molecular weight excluding hydrogens is 244 g/mol. The Hall–Kier alpha value is -1.40. The van der Waals surface area contributed by atoms with E-state index in [1.807, 2.05) is 6.92 Å². The second kappa shape index (κ2) is 6.16. The highest BCUT2D eigenvalue weighted by atomic mass is 16.5. The zero-order valence-corrected chi connectivity index (χ0v) is 11.5. The van der Waals surface area contributed by atoms with Gasteiger partial charge < -0.3 is 20.5 Å². The van der Waals surface area contributed by atoms with Crippen LogP contribution < -0.4 is 10.6 Å². The number of hydrogen-bond donors (Lipinski definition) is 2. The lowest BCUT2D eigenvalue weighted by Crippen LogP contribution is -2.43. The zero-order chi connectivity index (χ0) is 13.8. The van der Waals surface area contributed by atoms with Gasteiger partial charge in [-0.3, -0.25) is 0 Å². The summed E-state index contributed by atoms with van der Waals surface area (Å²) in [5.74, 6) is 2.13. The lowest BCUT2D eigenvalue weighted by Gasteiger charge is -2.35. The molecule has 1 fully saturated rings. The maximum absolute atomic E-state index is 9.95. The molecule has 0 aromatic carbocycles. The maximum Gasteiger partial charge on any atom is 0.158 e. The Morgan fingerprint density at radius 2 is 2.32 bits per heavy atom. The lowest BCUT2D eigenvalue weighted by molar-refractivity contribution is 0.102. The van der Waals surface area contributed by atoms with Crippen molar-refractivity contribution in [3.63, 3.8) is 0 Å². The standard InChI is InChI=1S/C13H22N4O2/c1-3-19-8-12-15-11(14)6-13(16-12)17-5-4-9(2)10(18)7-17/h6,9-10,18H,3-5,7-8H2,1-2H3,(H2,14,15,16). The molecule has 0 amide bonds. The van der Waals surface area contributed by atoms with E-state index in [9.17, 15) is 5.11 Å². The number of aromatic nitrogens is 2. The first-order valence-electron chi connectivity index (χ1n) is 6.74.